The maximum atomic E-state index is 12.8. The minimum Gasteiger partial charge on any atom is -0.480 e. The Labute approximate surface area is 234 Å². The van der Waals surface area contributed by atoms with Crippen LogP contribution in [0.1, 0.15) is 85.0 Å². The summed E-state index contributed by atoms with van der Waals surface area (Å²) in [7, 11) is 0. The number of hydrogen-bond donors (Lipinski definition) is 3. The average Bonchev–Trinajstić information content (AvgIpc) is 3.11. The van der Waals surface area contributed by atoms with Gasteiger partial charge in [-0.3, -0.25) is 24.5 Å². The number of ether oxygens (including phenoxy) is 1. The van der Waals surface area contributed by atoms with Gasteiger partial charge < -0.3 is 20.5 Å². The van der Waals surface area contributed by atoms with E-state index in [0.717, 1.165) is 38.5 Å². The molecular weight excluding hydrogens is 530 g/mol. The Hall–Kier alpha value is -1.63. The highest BCUT2D eigenvalue weighted by atomic mass is 32.2. The quantitative estimate of drug-likeness (QED) is 0.133. The molecule has 0 aromatic heterocycles. The SMILES string of the molecule is CC(=O)SCCC(CCCCC(=O)OC(NCCC(=O)N1CCCCCC1C(=O)O)C(C)CN)SC(C)=O. The molecule has 4 unspecified atom stereocenters. The molecule has 4 N–H and O–H groups in total. The summed E-state index contributed by atoms with van der Waals surface area (Å²) >= 11 is 2.54. The minimum atomic E-state index is -0.974. The van der Waals surface area contributed by atoms with Gasteiger partial charge in [0.15, 0.2) is 16.5 Å². The van der Waals surface area contributed by atoms with Gasteiger partial charge in [-0.15, -0.1) is 0 Å². The van der Waals surface area contributed by atoms with Crippen molar-refractivity contribution >= 4 is 51.6 Å². The van der Waals surface area contributed by atoms with Crippen molar-refractivity contribution in [2.45, 2.75) is 102 Å². The smallest absolute Gasteiger partial charge is 0.326 e. The molecule has 218 valence electrons. The number of carboxylic acid groups (broad SMARTS) is 1. The lowest BCUT2D eigenvalue weighted by atomic mass is 10.1. The van der Waals surface area contributed by atoms with Crippen molar-refractivity contribution in [3.05, 3.63) is 0 Å². The Morgan fingerprint density at radius 3 is 2.42 bits per heavy atom. The van der Waals surface area contributed by atoms with Crippen molar-refractivity contribution in [2.24, 2.45) is 11.7 Å². The standard InChI is InChI=1S/C26H45N3O7S2/c1-18(17-27)25(28-14-12-23(32)29-15-8-4-5-10-22(29)26(34)35)36-24(33)11-7-6-9-21(38-20(3)31)13-16-37-19(2)30/h18,21-22,25,28H,4-17,27H2,1-3H3,(H,34,35). The van der Waals surface area contributed by atoms with Gasteiger partial charge in [0.1, 0.15) is 6.04 Å². The number of carboxylic acids is 1. The maximum Gasteiger partial charge on any atom is 0.326 e. The molecule has 0 aromatic rings. The fourth-order valence-corrected chi connectivity index (χ4v) is 6.11. The largest absolute Gasteiger partial charge is 0.480 e. The van der Waals surface area contributed by atoms with Crippen LogP contribution in [0.5, 0.6) is 0 Å². The number of hydrogen-bond acceptors (Lipinski definition) is 10. The molecule has 0 radical (unpaired) electrons. The zero-order valence-corrected chi connectivity index (χ0v) is 24.6. The number of nitrogens with two attached hydrogens (primary N) is 1. The molecule has 1 amide bonds. The predicted molar refractivity (Wildman–Crippen MR) is 151 cm³/mol. The fraction of sp³-hybridized carbons (Fsp3) is 0.808. The van der Waals surface area contributed by atoms with Crippen LogP contribution < -0.4 is 11.1 Å². The fourth-order valence-electron chi connectivity index (χ4n) is 4.28. The molecule has 1 heterocycles. The van der Waals surface area contributed by atoms with E-state index in [1.165, 1.54) is 42.3 Å². The van der Waals surface area contributed by atoms with E-state index in [-0.39, 0.29) is 59.2 Å². The number of carbonyl (C=O) groups is 5. The number of esters is 1. The maximum absolute atomic E-state index is 12.8. The topological polar surface area (TPSA) is 156 Å². The van der Waals surface area contributed by atoms with E-state index in [0.29, 0.717) is 25.1 Å². The summed E-state index contributed by atoms with van der Waals surface area (Å²) in [6.45, 7) is 5.88. The van der Waals surface area contributed by atoms with Crippen LogP contribution >= 0.6 is 23.5 Å². The Morgan fingerprint density at radius 1 is 1.05 bits per heavy atom. The highest BCUT2D eigenvalue weighted by Crippen LogP contribution is 2.24. The first kappa shape index (κ1) is 34.4. The predicted octanol–water partition coefficient (Wildman–Crippen LogP) is 3.16. The van der Waals surface area contributed by atoms with Gasteiger partial charge in [0.05, 0.1) is 0 Å². The summed E-state index contributed by atoms with van der Waals surface area (Å²) in [5, 5.41) is 12.8. The number of likely N-dealkylation sites (tertiary alicyclic amines) is 1. The highest BCUT2D eigenvalue weighted by Gasteiger charge is 2.30. The van der Waals surface area contributed by atoms with Crippen LogP contribution in [0.4, 0.5) is 0 Å². The Bertz CT molecular complexity index is 784. The number of nitrogens with one attached hydrogen (secondary N) is 1. The van der Waals surface area contributed by atoms with Crippen molar-refractivity contribution in [3.63, 3.8) is 0 Å². The molecule has 1 aliphatic heterocycles. The van der Waals surface area contributed by atoms with Crippen LogP contribution in [0.25, 0.3) is 0 Å². The van der Waals surface area contributed by atoms with Gasteiger partial charge >= 0.3 is 11.9 Å². The second-order valence-electron chi connectivity index (χ2n) is 9.72. The molecular formula is C26H45N3O7S2. The molecule has 0 saturated carbocycles. The number of nitrogens with zero attached hydrogens (tertiary/aromatic N) is 1. The Balaban J connectivity index is 2.48. The lowest BCUT2D eigenvalue weighted by Gasteiger charge is -2.28. The van der Waals surface area contributed by atoms with Crippen LogP contribution in [-0.4, -0.2) is 81.0 Å². The molecule has 0 spiro atoms. The normalized spacial score (nSPS) is 18.2. The molecule has 1 fully saturated rings. The zero-order chi connectivity index (χ0) is 28.5. The molecule has 1 rings (SSSR count). The number of amides is 1. The molecule has 1 saturated heterocycles. The van der Waals surface area contributed by atoms with E-state index in [1.807, 2.05) is 6.92 Å². The molecule has 4 atom stereocenters. The number of unbranched alkanes of at least 4 members (excludes halogenated alkanes) is 1. The van der Waals surface area contributed by atoms with Crippen molar-refractivity contribution in [1.29, 1.82) is 0 Å². The molecule has 12 heteroatoms. The van der Waals surface area contributed by atoms with Gasteiger partial charge in [-0.05, 0) is 38.6 Å². The van der Waals surface area contributed by atoms with Crippen molar-refractivity contribution in [3.8, 4) is 0 Å². The van der Waals surface area contributed by atoms with Gasteiger partial charge in [-0.2, -0.15) is 0 Å². The monoisotopic (exact) mass is 575 g/mol. The molecule has 1 aliphatic rings. The van der Waals surface area contributed by atoms with E-state index in [9.17, 15) is 29.1 Å². The second-order valence-corrected chi connectivity index (χ2v) is 12.5. The van der Waals surface area contributed by atoms with E-state index in [4.69, 9.17) is 10.5 Å². The van der Waals surface area contributed by atoms with Crippen molar-refractivity contribution in [2.75, 3.05) is 25.4 Å². The van der Waals surface area contributed by atoms with E-state index >= 15 is 0 Å². The summed E-state index contributed by atoms with van der Waals surface area (Å²) < 4.78 is 5.62. The number of rotatable bonds is 17. The van der Waals surface area contributed by atoms with Gasteiger partial charge in [-0.25, -0.2) is 4.79 Å². The van der Waals surface area contributed by atoms with Crippen molar-refractivity contribution in [1.82, 2.24) is 10.2 Å². The van der Waals surface area contributed by atoms with Crippen LogP contribution in [0, 0.1) is 5.92 Å². The Kier molecular flexibility index (Phi) is 17.6. The van der Waals surface area contributed by atoms with E-state index in [2.05, 4.69) is 5.32 Å². The average molecular weight is 576 g/mol. The lowest BCUT2D eigenvalue weighted by Crippen LogP contribution is -2.47. The second kappa shape index (κ2) is 19.4. The molecule has 0 aromatic carbocycles. The van der Waals surface area contributed by atoms with E-state index in [1.54, 1.807) is 0 Å². The number of aliphatic carboxylic acids is 1. The van der Waals surface area contributed by atoms with Gasteiger partial charge in [-0.1, -0.05) is 49.7 Å². The summed E-state index contributed by atoms with van der Waals surface area (Å²) in [4.78, 5) is 61.0. The van der Waals surface area contributed by atoms with Crippen LogP contribution in [-0.2, 0) is 28.7 Å². The van der Waals surface area contributed by atoms with Crippen molar-refractivity contribution < 1.29 is 33.8 Å². The minimum absolute atomic E-state index is 0.0414. The number of carbonyl (C=O) groups excluding carboxylic acids is 4. The molecule has 38 heavy (non-hydrogen) atoms. The third kappa shape index (κ3) is 14.5. The third-order valence-corrected chi connectivity index (χ3v) is 8.41. The molecule has 0 aliphatic carbocycles. The first-order chi connectivity index (χ1) is 18.0. The van der Waals surface area contributed by atoms with E-state index < -0.39 is 18.2 Å². The lowest BCUT2D eigenvalue weighted by molar-refractivity contribution is -0.154. The third-order valence-electron chi connectivity index (χ3n) is 6.42. The summed E-state index contributed by atoms with van der Waals surface area (Å²) in [6, 6.07) is -0.789. The first-order valence-electron chi connectivity index (χ1n) is 13.5. The first-order valence-corrected chi connectivity index (χ1v) is 15.4. The summed E-state index contributed by atoms with van der Waals surface area (Å²) in [6.07, 6.45) is 5.52. The van der Waals surface area contributed by atoms with Gasteiger partial charge in [0, 0.05) is 56.7 Å². The zero-order valence-electron chi connectivity index (χ0n) is 22.9. The molecule has 0 bridgehead atoms. The Morgan fingerprint density at radius 2 is 1.79 bits per heavy atom. The molecule has 10 nitrogen and oxygen atoms in total. The summed E-state index contributed by atoms with van der Waals surface area (Å²) in [5.74, 6) is -1.07. The summed E-state index contributed by atoms with van der Waals surface area (Å²) in [5.41, 5.74) is 5.79. The van der Waals surface area contributed by atoms with Gasteiger partial charge in [0.2, 0.25) is 5.91 Å². The number of thioether (sulfide) groups is 2. The highest BCUT2D eigenvalue weighted by molar-refractivity contribution is 8.14. The van der Waals surface area contributed by atoms with Crippen LogP contribution in [0.2, 0.25) is 0 Å². The van der Waals surface area contributed by atoms with Crippen LogP contribution in [0.3, 0.4) is 0 Å². The van der Waals surface area contributed by atoms with Gasteiger partial charge in [0.25, 0.3) is 0 Å². The van der Waals surface area contributed by atoms with Crippen LogP contribution in [0.15, 0.2) is 0 Å².